The molecule has 0 aliphatic rings. The minimum Gasteiger partial charge on any atom is -0.508 e. The van der Waals surface area contributed by atoms with Gasteiger partial charge in [0.2, 0.25) is 0 Å². The Morgan fingerprint density at radius 2 is 2.10 bits per heavy atom. The lowest BCUT2D eigenvalue weighted by Crippen LogP contribution is -2.37. The number of rotatable bonds is 6. The highest BCUT2D eigenvalue weighted by molar-refractivity contribution is 5.91. The van der Waals surface area contributed by atoms with E-state index in [1.165, 1.54) is 17.0 Å². The van der Waals surface area contributed by atoms with Crippen LogP contribution in [0.3, 0.4) is 0 Å². The summed E-state index contributed by atoms with van der Waals surface area (Å²) in [5, 5.41) is 20.8. The quantitative estimate of drug-likeness (QED) is 0.695. The van der Waals surface area contributed by atoms with Crippen molar-refractivity contribution in [2.75, 3.05) is 18.5 Å². The van der Waals surface area contributed by atoms with Gasteiger partial charge in [-0.2, -0.15) is 0 Å². The number of phenolic OH excluding ortho intramolecular Hbond substituents is 1. The molecule has 0 spiro atoms. The minimum atomic E-state index is -0.826. The molecule has 0 bridgehead atoms. The lowest BCUT2D eigenvalue weighted by Gasteiger charge is -2.18. The Bertz CT molecular complexity index is 476. The second kappa shape index (κ2) is 7.37. The van der Waals surface area contributed by atoms with Crippen LogP contribution in [-0.4, -0.2) is 35.8 Å². The molecule has 6 heteroatoms. The number of aromatic hydroxyl groups is 1. The zero-order valence-corrected chi connectivity index (χ0v) is 11.7. The molecule has 2 amide bonds. The third kappa shape index (κ3) is 4.79. The number of urea groups is 1. The molecule has 0 aliphatic heterocycles. The molecule has 6 nitrogen and oxygen atoms in total. The average molecular weight is 280 g/mol. The van der Waals surface area contributed by atoms with E-state index < -0.39 is 11.9 Å². The fourth-order valence-corrected chi connectivity index (χ4v) is 1.66. The lowest BCUT2D eigenvalue weighted by molar-refractivity contribution is -0.141. The monoisotopic (exact) mass is 280 g/mol. The van der Waals surface area contributed by atoms with Crippen molar-refractivity contribution in [2.24, 2.45) is 5.92 Å². The second-order valence-electron chi connectivity index (χ2n) is 4.69. The molecule has 0 heterocycles. The van der Waals surface area contributed by atoms with Crippen LogP contribution in [0.2, 0.25) is 0 Å². The molecule has 110 valence electrons. The fraction of sp³-hybridized carbons (Fsp3) is 0.429. The molecule has 1 unspecified atom stereocenters. The van der Waals surface area contributed by atoms with E-state index >= 15 is 0 Å². The summed E-state index contributed by atoms with van der Waals surface area (Å²) in [6, 6.07) is 6.10. The van der Waals surface area contributed by atoms with Gasteiger partial charge in [-0.25, -0.2) is 4.79 Å². The molecule has 0 aromatic heterocycles. The molecule has 20 heavy (non-hydrogen) atoms. The van der Waals surface area contributed by atoms with Gasteiger partial charge in [0, 0.05) is 25.3 Å². The summed E-state index contributed by atoms with van der Waals surface area (Å²) in [6.07, 6.45) is 1.12. The maximum atomic E-state index is 11.9. The van der Waals surface area contributed by atoms with E-state index in [4.69, 9.17) is 5.11 Å². The van der Waals surface area contributed by atoms with Gasteiger partial charge in [0.05, 0.1) is 5.92 Å². The van der Waals surface area contributed by atoms with Gasteiger partial charge in [0.25, 0.3) is 0 Å². The Morgan fingerprint density at radius 3 is 2.70 bits per heavy atom. The minimum absolute atomic E-state index is 0.0948. The summed E-state index contributed by atoms with van der Waals surface area (Å²) in [6.45, 7) is 2.06. The Kier molecular flexibility index (Phi) is 5.83. The number of hydrogen-bond donors (Lipinski definition) is 3. The number of anilines is 1. The number of benzene rings is 1. The van der Waals surface area contributed by atoms with E-state index in [1.54, 1.807) is 26.1 Å². The van der Waals surface area contributed by atoms with Gasteiger partial charge in [-0.05, 0) is 25.0 Å². The number of amides is 2. The molecule has 0 radical (unpaired) electrons. The van der Waals surface area contributed by atoms with Crippen LogP contribution in [0, 0.1) is 5.92 Å². The van der Waals surface area contributed by atoms with Crippen LogP contribution in [0.1, 0.15) is 19.8 Å². The van der Waals surface area contributed by atoms with Crippen molar-refractivity contribution in [1.82, 2.24) is 5.32 Å². The topological polar surface area (TPSA) is 89.9 Å². The SMILES string of the molecule is CC(CCCNC(=O)N(C)c1cccc(O)c1)C(=O)O. The molecule has 1 rings (SSSR count). The summed E-state index contributed by atoms with van der Waals surface area (Å²) in [5.74, 6) is -1.14. The first kappa shape index (κ1) is 15.8. The molecular weight excluding hydrogens is 260 g/mol. The first-order valence-corrected chi connectivity index (χ1v) is 6.45. The van der Waals surface area contributed by atoms with Gasteiger partial charge in [-0.15, -0.1) is 0 Å². The number of hydrogen-bond acceptors (Lipinski definition) is 3. The molecule has 0 aliphatic carbocycles. The molecule has 3 N–H and O–H groups in total. The first-order chi connectivity index (χ1) is 9.41. The molecule has 1 aromatic rings. The van der Waals surface area contributed by atoms with E-state index in [9.17, 15) is 14.7 Å². The van der Waals surface area contributed by atoms with Crippen molar-refractivity contribution >= 4 is 17.7 Å². The molecule has 0 fully saturated rings. The molecule has 0 saturated carbocycles. The highest BCUT2D eigenvalue weighted by Crippen LogP contribution is 2.18. The first-order valence-electron chi connectivity index (χ1n) is 6.45. The highest BCUT2D eigenvalue weighted by atomic mass is 16.4. The molecular formula is C14H20N2O4. The highest BCUT2D eigenvalue weighted by Gasteiger charge is 2.12. The summed E-state index contributed by atoms with van der Waals surface area (Å²) in [4.78, 5) is 23.9. The van der Waals surface area contributed by atoms with Crippen LogP contribution in [0.5, 0.6) is 5.75 Å². The van der Waals surface area contributed by atoms with Crippen molar-refractivity contribution in [2.45, 2.75) is 19.8 Å². The van der Waals surface area contributed by atoms with Gasteiger partial charge in [-0.3, -0.25) is 9.69 Å². The van der Waals surface area contributed by atoms with Gasteiger partial charge >= 0.3 is 12.0 Å². The predicted molar refractivity (Wildman–Crippen MR) is 75.9 cm³/mol. The summed E-state index contributed by atoms with van der Waals surface area (Å²) in [5.41, 5.74) is 0.585. The van der Waals surface area contributed by atoms with E-state index in [-0.39, 0.29) is 11.8 Å². The summed E-state index contributed by atoms with van der Waals surface area (Å²) in [7, 11) is 1.60. The van der Waals surface area contributed by atoms with E-state index in [1.807, 2.05) is 0 Å². The van der Waals surface area contributed by atoms with Crippen LogP contribution >= 0.6 is 0 Å². The molecule has 1 aromatic carbocycles. The van der Waals surface area contributed by atoms with Gasteiger partial charge in [0.15, 0.2) is 0 Å². The van der Waals surface area contributed by atoms with E-state index in [0.29, 0.717) is 25.1 Å². The Balaban J connectivity index is 2.37. The van der Waals surface area contributed by atoms with Crippen molar-refractivity contribution in [1.29, 1.82) is 0 Å². The number of nitrogens with one attached hydrogen (secondary N) is 1. The number of phenols is 1. The number of carboxylic acids is 1. The third-order valence-corrected chi connectivity index (χ3v) is 3.03. The summed E-state index contributed by atoms with van der Waals surface area (Å²) < 4.78 is 0. The number of carbonyl (C=O) groups excluding carboxylic acids is 1. The molecule has 0 saturated heterocycles. The van der Waals surface area contributed by atoms with Crippen LogP contribution in [-0.2, 0) is 4.79 Å². The van der Waals surface area contributed by atoms with Crippen LogP contribution in [0.15, 0.2) is 24.3 Å². The van der Waals surface area contributed by atoms with Crippen LogP contribution < -0.4 is 10.2 Å². The molecule has 1 atom stereocenters. The number of carbonyl (C=O) groups is 2. The predicted octanol–water partition coefficient (Wildman–Crippen LogP) is 2.04. The summed E-state index contributed by atoms with van der Waals surface area (Å²) >= 11 is 0. The Labute approximate surface area is 118 Å². The normalized spacial score (nSPS) is 11.7. The maximum Gasteiger partial charge on any atom is 0.321 e. The second-order valence-corrected chi connectivity index (χ2v) is 4.69. The zero-order chi connectivity index (χ0) is 15.1. The van der Waals surface area contributed by atoms with Crippen molar-refractivity contribution in [3.05, 3.63) is 24.3 Å². The van der Waals surface area contributed by atoms with Crippen LogP contribution in [0.25, 0.3) is 0 Å². The smallest absolute Gasteiger partial charge is 0.321 e. The Hall–Kier alpha value is -2.24. The van der Waals surface area contributed by atoms with Gasteiger partial charge in [0.1, 0.15) is 5.75 Å². The van der Waals surface area contributed by atoms with Crippen LogP contribution in [0.4, 0.5) is 10.5 Å². The van der Waals surface area contributed by atoms with Crippen molar-refractivity contribution in [3.8, 4) is 5.75 Å². The third-order valence-electron chi connectivity index (χ3n) is 3.03. The fourth-order valence-electron chi connectivity index (χ4n) is 1.66. The number of aliphatic carboxylic acids is 1. The average Bonchev–Trinajstić information content (AvgIpc) is 2.42. The van der Waals surface area contributed by atoms with Crippen molar-refractivity contribution in [3.63, 3.8) is 0 Å². The largest absolute Gasteiger partial charge is 0.508 e. The number of nitrogens with zero attached hydrogens (tertiary/aromatic N) is 1. The van der Waals surface area contributed by atoms with Crippen molar-refractivity contribution < 1.29 is 19.8 Å². The van der Waals surface area contributed by atoms with E-state index in [2.05, 4.69) is 5.32 Å². The number of carboxylic acid groups (broad SMARTS) is 1. The van der Waals surface area contributed by atoms with E-state index in [0.717, 1.165) is 0 Å². The standard InChI is InChI=1S/C14H20N2O4/c1-10(13(18)19)5-4-8-15-14(20)16(2)11-6-3-7-12(17)9-11/h3,6-7,9-10,17H,4-5,8H2,1-2H3,(H,15,20)(H,18,19). The van der Waals surface area contributed by atoms with Gasteiger partial charge < -0.3 is 15.5 Å². The van der Waals surface area contributed by atoms with Gasteiger partial charge in [-0.1, -0.05) is 13.0 Å². The zero-order valence-electron chi connectivity index (χ0n) is 11.7. The lowest BCUT2D eigenvalue weighted by atomic mass is 10.1. The Morgan fingerprint density at radius 1 is 1.40 bits per heavy atom. The maximum absolute atomic E-state index is 11.9.